The van der Waals surface area contributed by atoms with Crippen molar-refractivity contribution in [2.45, 2.75) is 6.10 Å². The summed E-state index contributed by atoms with van der Waals surface area (Å²) in [6.45, 7) is 6.30. The standard InChI is InChI=1S/C21H25N7O2/c1-2-19(28-6-9-29-10-7-28)25-12-15(1)17-11-18-20(24-4-3-23-18)21(27-17)26-14-16-13-22-5-8-30-16/h1-4,11-12,16,22H,5-10,13-14H2,(H,26,27)/t16-/m1/s1. The van der Waals surface area contributed by atoms with Crippen LogP contribution in [0.1, 0.15) is 0 Å². The van der Waals surface area contributed by atoms with Gasteiger partial charge in [-0.1, -0.05) is 0 Å². The number of hydrogen-bond acceptors (Lipinski definition) is 9. The van der Waals surface area contributed by atoms with Crippen molar-refractivity contribution in [1.29, 1.82) is 0 Å². The maximum absolute atomic E-state index is 5.79. The predicted molar refractivity (Wildman–Crippen MR) is 115 cm³/mol. The highest BCUT2D eigenvalue weighted by Crippen LogP contribution is 2.26. The summed E-state index contributed by atoms with van der Waals surface area (Å²) in [5.74, 6) is 1.67. The molecule has 2 N–H and O–H groups in total. The number of pyridine rings is 2. The predicted octanol–water partition coefficient (Wildman–Crippen LogP) is 1.32. The van der Waals surface area contributed by atoms with E-state index in [-0.39, 0.29) is 6.10 Å². The van der Waals surface area contributed by atoms with Gasteiger partial charge in [-0.15, -0.1) is 0 Å². The second kappa shape index (κ2) is 8.86. The van der Waals surface area contributed by atoms with Gasteiger partial charge in [-0.05, 0) is 18.2 Å². The monoisotopic (exact) mass is 407 g/mol. The molecule has 0 radical (unpaired) electrons. The van der Waals surface area contributed by atoms with Gasteiger partial charge in [0.2, 0.25) is 0 Å². The Kier molecular flexibility index (Phi) is 5.65. The highest BCUT2D eigenvalue weighted by Gasteiger charge is 2.16. The van der Waals surface area contributed by atoms with Crippen molar-refractivity contribution in [2.75, 3.05) is 62.8 Å². The Morgan fingerprint density at radius 3 is 2.80 bits per heavy atom. The van der Waals surface area contributed by atoms with Crippen molar-refractivity contribution < 1.29 is 9.47 Å². The molecular weight excluding hydrogens is 382 g/mol. The van der Waals surface area contributed by atoms with Crippen molar-refractivity contribution in [1.82, 2.24) is 25.3 Å². The highest BCUT2D eigenvalue weighted by atomic mass is 16.5. The van der Waals surface area contributed by atoms with Gasteiger partial charge < -0.3 is 25.0 Å². The van der Waals surface area contributed by atoms with E-state index in [1.807, 2.05) is 18.3 Å². The quantitative estimate of drug-likeness (QED) is 0.649. The van der Waals surface area contributed by atoms with Gasteiger partial charge in [0.15, 0.2) is 5.82 Å². The Balaban J connectivity index is 1.41. The van der Waals surface area contributed by atoms with E-state index in [1.54, 1.807) is 12.4 Å². The smallest absolute Gasteiger partial charge is 0.154 e. The van der Waals surface area contributed by atoms with Gasteiger partial charge in [-0.2, -0.15) is 0 Å². The summed E-state index contributed by atoms with van der Waals surface area (Å²) in [5, 5.41) is 6.75. The summed E-state index contributed by atoms with van der Waals surface area (Å²) in [5.41, 5.74) is 3.31. The van der Waals surface area contributed by atoms with Crippen molar-refractivity contribution in [3.8, 4) is 11.3 Å². The first-order chi connectivity index (χ1) is 14.9. The largest absolute Gasteiger partial charge is 0.378 e. The van der Waals surface area contributed by atoms with Crippen LogP contribution < -0.4 is 15.5 Å². The molecule has 2 fully saturated rings. The summed E-state index contributed by atoms with van der Waals surface area (Å²) in [6, 6.07) is 6.05. The number of ether oxygens (including phenoxy) is 2. The summed E-state index contributed by atoms with van der Waals surface area (Å²) in [7, 11) is 0. The molecule has 0 bridgehead atoms. The van der Waals surface area contributed by atoms with Crippen LogP contribution in [0.2, 0.25) is 0 Å². The third-order valence-electron chi connectivity index (χ3n) is 5.34. The van der Waals surface area contributed by atoms with E-state index in [9.17, 15) is 0 Å². The molecule has 0 amide bonds. The molecule has 0 aliphatic carbocycles. The van der Waals surface area contributed by atoms with E-state index in [4.69, 9.17) is 14.5 Å². The van der Waals surface area contributed by atoms with E-state index >= 15 is 0 Å². The molecule has 2 saturated heterocycles. The number of morpholine rings is 2. The number of aromatic nitrogens is 4. The fourth-order valence-electron chi connectivity index (χ4n) is 3.72. The average Bonchev–Trinajstić information content (AvgIpc) is 2.84. The van der Waals surface area contributed by atoms with E-state index in [1.165, 1.54) is 0 Å². The van der Waals surface area contributed by atoms with Crippen molar-refractivity contribution in [3.63, 3.8) is 0 Å². The topological polar surface area (TPSA) is 97.3 Å². The van der Waals surface area contributed by atoms with Gasteiger partial charge in [-0.3, -0.25) is 4.98 Å². The van der Waals surface area contributed by atoms with Crippen LogP contribution in [-0.4, -0.2) is 78.6 Å². The number of nitrogens with one attached hydrogen (secondary N) is 2. The SMILES string of the molecule is c1cnc2c(NC[C@H]3CNCCO3)nc(-c3ccc(N4CCOCC4)nc3)cc2n1. The number of nitrogens with zero attached hydrogens (tertiary/aromatic N) is 5. The normalized spacial score (nSPS) is 19.7. The molecule has 30 heavy (non-hydrogen) atoms. The highest BCUT2D eigenvalue weighted by molar-refractivity contribution is 5.88. The Hall–Kier alpha value is -2.88. The lowest BCUT2D eigenvalue weighted by Gasteiger charge is -2.27. The Bertz CT molecular complexity index is 986. The molecular formula is C21H25N7O2. The Morgan fingerprint density at radius 2 is 2.00 bits per heavy atom. The van der Waals surface area contributed by atoms with Crippen LogP contribution in [0.25, 0.3) is 22.3 Å². The van der Waals surface area contributed by atoms with E-state index in [2.05, 4.69) is 36.6 Å². The van der Waals surface area contributed by atoms with Crippen LogP contribution >= 0.6 is 0 Å². The molecule has 3 aromatic rings. The molecule has 2 aliphatic heterocycles. The molecule has 0 aromatic carbocycles. The fourth-order valence-corrected chi connectivity index (χ4v) is 3.72. The van der Waals surface area contributed by atoms with Gasteiger partial charge in [0, 0.05) is 56.9 Å². The van der Waals surface area contributed by atoms with Gasteiger partial charge in [-0.25, -0.2) is 15.0 Å². The maximum atomic E-state index is 5.79. The first-order valence-corrected chi connectivity index (χ1v) is 10.3. The number of fused-ring (bicyclic) bond motifs is 1. The lowest BCUT2D eigenvalue weighted by Crippen LogP contribution is -2.42. The second-order valence-corrected chi connectivity index (χ2v) is 7.36. The molecule has 0 unspecified atom stereocenters. The zero-order valence-electron chi connectivity index (χ0n) is 16.8. The number of anilines is 2. The lowest BCUT2D eigenvalue weighted by atomic mass is 10.1. The first-order valence-electron chi connectivity index (χ1n) is 10.3. The third-order valence-corrected chi connectivity index (χ3v) is 5.34. The molecule has 3 aromatic heterocycles. The maximum Gasteiger partial charge on any atom is 0.154 e. The van der Waals surface area contributed by atoms with Crippen LogP contribution in [0.4, 0.5) is 11.6 Å². The number of hydrogen-bond donors (Lipinski definition) is 2. The molecule has 5 heterocycles. The van der Waals surface area contributed by atoms with Gasteiger partial charge in [0.1, 0.15) is 11.3 Å². The van der Waals surface area contributed by atoms with E-state index < -0.39 is 0 Å². The molecule has 156 valence electrons. The molecule has 1 atom stereocenters. The Morgan fingerprint density at radius 1 is 1.10 bits per heavy atom. The van der Waals surface area contributed by atoms with Gasteiger partial charge in [0.05, 0.1) is 37.1 Å². The summed E-state index contributed by atoms with van der Waals surface area (Å²) < 4.78 is 11.2. The minimum absolute atomic E-state index is 0.102. The van der Waals surface area contributed by atoms with Crippen LogP contribution in [0, 0.1) is 0 Å². The zero-order valence-corrected chi connectivity index (χ0v) is 16.8. The summed E-state index contributed by atoms with van der Waals surface area (Å²) >= 11 is 0. The minimum atomic E-state index is 0.102. The first kappa shape index (κ1) is 19.1. The molecule has 9 heteroatoms. The van der Waals surface area contributed by atoms with Crippen molar-refractivity contribution >= 4 is 22.7 Å². The average molecular weight is 407 g/mol. The van der Waals surface area contributed by atoms with Crippen LogP contribution in [0.5, 0.6) is 0 Å². The van der Waals surface area contributed by atoms with Crippen LogP contribution in [0.3, 0.4) is 0 Å². The van der Waals surface area contributed by atoms with Gasteiger partial charge in [0.25, 0.3) is 0 Å². The zero-order chi connectivity index (χ0) is 20.2. The van der Waals surface area contributed by atoms with Crippen molar-refractivity contribution in [3.05, 3.63) is 36.8 Å². The van der Waals surface area contributed by atoms with Gasteiger partial charge >= 0.3 is 0 Å². The second-order valence-electron chi connectivity index (χ2n) is 7.36. The lowest BCUT2D eigenvalue weighted by molar-refractivity contribution is 0.0372. The molecule has 2 aliphatic rings. The summed E-state index contributed by atoms with van der Waals surface area (Å²) in [4.78, 5) is 20.7. The molecule has 9 nitrogen and oxygen atoms in total. The van der Waals surface area contributed by atoms with Crippen LogP contribution in [-0.2, 0) is 9.47 Å². The van der Waals surface area contributed by atoms with E-state index in [0.29, 0.717) is 12.4 Å². The molecule has 5 rings (SSSR count). The summed E-state index contributed by atoms with van der Waals surface area (Å²) in [6.07, 6.45) is 5.36. The fraction of sp³-hybridized carbons (Fsp3) is 0.429. The molecule has 0 spiro atoms. The number of rotatable bonds is 5. The minimum Gasteiger partial charge on any atom is -0.378 e. The third kappa shape index (κ3) is 4.18. The van der Waals surface area contributed by atoms with E-state index in [0.717, 1.165) is 74.1 Å². The van der Waals surface area contributed by atoms with Crippen molar-refractivity contribution in [2.24, 2.45) is 0 Å². The Labute approximate surface area is 174 Å². The van der Waals surface area contributed by atoms with Crippen LogP contribution in [0.15, 0.2) is 36.8 Å². The molecule has 0 saturated carbocycles.